The van der Waals surface area contributed by atoms with Crippen molar-refractivity contribution in [2.24, 2.45) is 0 Å². The molecule has 1 N–H and O–H groups in total. The molecule has 0 spiro atoms. The quantitative estimate of drug-likeness (QED) is 0.137. The van der Waals surface area contributed by atoms with Crippen molar-refractivity contribution < 1.29 is 18.0 Å². The molecule has 4 rings (SSSR count). The zero-order valence-corrected chi connectivity index (χ0v) is 28.2. The molecule has 46 heavy (non-hydrogen) atoms. The molecule has 4 aromatic rings. The number of unbranched alkanes of at least 4 members (excludes halogenated alkanes) is 1. The zero-order chi connectivity index (χ0) is 33.1. The van der Waals surface area contributed by atoms with E-state index in [-0.39, 0.29) is 29.7 Å². The van der Waals surface area contributed by atoms with E-state index in [1.54, 1.807) is 48.5 Å². The summed E-state index contributed by atoms with van der Waals surface area (Å²) < 4.78 is 29.4. The molecule has 1 atom stereocenters. The van der Waals surface area contributed by atoms with Crippen molar-refractivity contribution in [3.8, 4) is 0 Å². The fourth-order valence-corrected chi connectivity index (χ4v) is 6.77. The summed E-state index contributed by atoms with van der Waals surface area (Å²) in [6.45, 7) is 6.12. The van der Waals surface area contributed by atoms with Crippen LogP contribution in [-0.2, 0) is 32.6 Å². The summed E-state index contributed by atoms with van der Waals surface area (Å²) in [6, 6.07) is 31.0. The molecule has 0 radical (unpaired) electrons. The lowest BCUT2D eigenvalue weighted by Gasteiger charge is -2.34. The van der Waals surface area contributed by atoms with Gasteiger partial charge >= 0.3 is 0 Å². The second kappa shape index (κ2) is 16.4. The molecule has 7 nitrogen and oxygen atoms in total. The van der Waals surface area contributed by atoms with E-state index in [2.05, 4.69) is 19.2 Å². The number of carbonyl (C=O) groups excluding carboxylic acids is 2. The van der Waals surface area contributed by atoms with Gasteiger partial charge in [-0.25, -0.2) is 8.42 Å². The summed E-state index contributed by atoms with van der Waals surface area (Å²) >= 11 is 6.57. The molecule has 0 fully saturated rings. The Kier molecular flexibility index (Phi) is 12.4. The van der Waals surface area contributed by atoms with Crippen LogP contribution in [0.5, 0.6) is 0 Å². The molecule has 1 unspecified atom stereocenters. The highest BCUT2D eigenvalue weighted by atomic mass is 35.5. The van der Waals surface area contributed by atoms with Gasteiger partial charge in [0.15, 0.2) is 0 Å². The largest absolute Gasteiger partial charge is 0.354 e. The molecule has 0 aliphatic carbocycles. The third kappa shape index (κ3) is 8.98. The predicted molar refractivity (Wildman–Crippen MR) is 185 cm³/mol. The first-order chi connectivity index (χ1) is 22.1. The van der Waals surface area contributed by atoms with E-state index < -0.39 is 28.5 Å². The average molecular weight is 660 g/mol. The average Bonchev–Trinajstić information content (AvgIpc) is 3.06. The van der Waals surface area contributed by atoms with Crippen LogP contribution in [0.15, 0.2) is 114 Å². The van der Waals surface area contributed by atoms with Gasteiger partial charge in [0.25, 0.3) is 10.0 Å². The van der Waals surface area contributed by atoms with Crippen LogP contribution in [0.2, 0.25) is 5.02 Å². The number of amides is 2. The van der Waals surface area contributed by atoms with E-state index >= 15 is 0 Å². The van der Waals surface area contributed by atoms with Crippen LogP contribution in [0.25, 0.3) is 0 Å². The number of hydrogen-bond acceptors (Lipinski definition) is 4. The third-order valence-electron chi connectivity index (χ3n) is 7.86. The minimum absolute atomic E-state index is 0.0166. The molecule has 0 aromatic heterocycles. The van der Waals surface area contributed by atoms with Gasteiger partial charge in [0.05, 0.1) is 10.6 Å². The molecular formula is C37H42ClN3O4S. The van der Waals surface area contributed by atoms with Gasteiger partial charge in [-0.2, -0.15) is 0 Å². The standard InChI is InChI=1S/C37H42ClN3O4S/c1-4-5-24-39-37(43)35(25-29-14-8-6-9-15-29)40(26-31-16-12-13-19-34(31)38)36(42)27-41(32-22-20-30(21-23-32)28(2)3)46(44,45)33-17-10-7-11-18-33/h6-23,28,35H,4-5,24-27H2,1-3H3,(H,39,43). The summed E-state index contributed by atoms with van der Waals surface area (Å²) in [5.74, 6) is -0.596. The van der Waals surface area contributed by atoms with Crippen LogP contribution in [0.4, 0.5) is 5.69 Å². The normalized spacial score (nSPS) is 12.0. The fourth-order valence-electron chi connectivity index (χ4n) is 5.14. The number of rotatable bonds is 15. The van der Waals surface area contributed by atoms with Gasteiger partial charge in [0.1, 0.15) is 12.6 Å². The Morgan fingerprint density at radius 2 is 1.43 bits per heavy atom. The molecule has 0 saturated heterocycles. The fraction of sp³-hybridized carbons (Fsp3) is 0.297. The van der Waals surface area contributed by atoms with E-state index in [1.807, 2.05) is 55.5 Å². The van der Waals surface area contributed by atoms with E-state index in [4.69, 9.17) is 11.6 Å². The smallest absolute Gasteiger partial charge is 0.264 e. The molecule has 0 heterocycles. The van der Waals surface area contributed by atoms with Crippen molar-refractivity contribution in [3.63, 3.8) is 0 Å². The van der Waals surface area contributed by atoms with Gasteiger partial charge in [-0.15, -0.1) is 0 Å². The Hall–Kier alpha value is -4.14. The molecule has 2 amide bonds. The number of anilines is 1. The first-order valence-corrected chi connectivity index (χ1v) is 17.5. The topological polar surface area (TPSA) is 86.8 Å². The van der Waals surface area contributed by atoms with Crippen LogP contribution in [0, 0.1) is 0 Å². The van der Waals surface area contributed by atoms with Gasteiger partial charge < -0.3 is 10.2 Å². The maximum atomic E-state index is 14.6. The highest BCUT2D eigenvalue weighted by molar-refractivity contribution is 7.92. The Labute approximate surface area is 278 Å². The zero-order valence-electron chi connectivity index (χ0n) is 26.6. The monoisotopic (exact) mass is 659 g/mol. The number of nitrogens with one attached hydrogen (secondary N) is 1. The Morgan fingerprint density at radius 3 is 2.04 bits per heavy atom. The SMILES string of the molecule is CCCCNC(=O)C(Cc1ccccc1)N(Cc1ccccc1Cl)C(=O)CN(c1ccc(C(C)C)cc1)S(=O)(=O)c1ccccc1. The van der Waals surface area contributed by atoms with Crippen molar-refractivity contribution in [2.75, 3.05) is 17.4 Å². The van der Waals surface area contributed by atoms with E-state index in [0.717, 1.165) is 28.3 Å². The van der Waals surface area contributed by atoms with Gasteiger partial charge in [0, 0.05) is 24.5 Å². The molecule has 9 heteroatoms. The summed E-state index contributed by atoms with van der Waals surface area (Å²) in [5.41, 5.74) is 2.91. The number of nitrogens with zero attached hydrogens (tertiary/aromatic N) is 2. The lowest BCUT2D eigenvalue weighted by atomic mass is 10.0. The second-order valence-electron chi connectivity index (χ2n) is 11.5. The van der Waals surface area contributed by atoms with Crippen molar-refractivity contribution in [2.45, 2.75) is 63.4 Å². The maximum absolute atomic E-state index is 14.6. The number of carbonyl (C=O) groups is 2. The molecule has 0 aliphatic rings. The first kappa shape index (κ1) is 34.7. The minimum atomic E-state index is -4.16. The van der Waals surface area contributed by atoms with Gasteiger partial charge in [-0.1, -0.05) is 118 Å². The van der Waals surface area contributed by atoms with Crippen LogP contribution >= 0.6 is 11.6 Å². The van der Waals surface area contributed by atoms with E-state index in [0.29, 0.717) is 22.8 Å². The first-order valence-electron chi connectivity index (χ1n) is 15.6. The number of benzene rings is 4. The van der Waals surface area contributed by atoms with Crippen LogP contribution in [0.3, 0.4) is 0 Å². The van der Waals surface area contributed by atoms with Gasteiger partial charge in [-0.05, 0) is 59.4 Å². The maximum Gasteiger partial charge on any atom is 0.264 e. The molecule has 242 valence electrons. The van der Waals surface area contributed by atoms with Crippen LogP contribution in [0.1, 0.15) is 56.2 Å². The van der Waals surface area contributed by atoms with Gasteiger partial charge in [0.2, 0.25) is 11.8 Å². The Bertz CT molecular complexity index is 1680. The molecule has 0 saturated carbocycles. The third-order valence-corrected chi connectivity index (χ3v) is 10.0. The van der Waals surface area contributed by atoms with Crippen molar-refractivity contribution >= 4 is 39.1 Å². The lowest BCUT2D eigenvalue weighted by Crippen LogP contribution is -2.53. The molecule has 0 aliphatic heterocycles. The number of sulfonamides is 1. The van der Waals surface area contributed by atoms with Crippen molar-refractivity contribution in [1.29, 1.82) is 0 Å². The summed E-state index contributed by atoms with van der Waals surface area (Å²) in [5, 5.41) is 3.45. The van der Waals surface area contributed by atoms with Crippen molar-refractivity contribution in [3.05, 3.63) is 131 Å². The second-order valence-corrected chi connectivity index (χ2v) is 13.8. The molecule has 0 bridgehead atoms. The van der Waals surface area contributed by atoms with Gasteiger partial charge in [-0.3, -0.25) is 13.9 Å². The lowest BCUT2D eigenvalue weighted by molar-refractivity contribution is -0.140. The predicted octanol–water partition coefficient (Wildman–Crippen LogP) is 7.22. The van der Waals surface area contributed by atoms with E-state index in [9.17, 15) is 18.0 Å². The molecular weight excluding hydrogens is 618 g/mol. The Morgan fingerprint density at radius 1 is 0.826 bits per heavy atom. The molecule has 4 aromatic carbocycles. The minimum Gasteiger partial charge on any atom is -0.354 e. The highest BCUT2D eigenvalue weighted by Gasteiger charge is 2.34. The van der Waals surface area contributed by atoms with Crippen LogP contribution in [-0.4, -0.2) is 44.3 Å². The van der Waals surface area contributed by atoms with Crippen molar-refractivity contribution in [1.82, 2.24) is 10.2 Å². The summed E-state index contributed by atoms with van der Waals surface area (Å²) in [4.78, 5) is 29.9. The highest BCUT2D eigenvalue weighted by Crippen LogP contribution is 2.27. The van der Waals surface area contributed by atoms with E-state index in [1.165, 1.54) is 17.0 Å². The number of hydrogen-bond donors (Lipinski definition) is 1. The summed E-state index contributed by atoms with van der Waals surface area (Å²) in [7, 11) is -4.16. The summed E-state index contributed by atoms with van der Waals surface area (Å²) in [6.07, 6.45) is 1.93. The Balaban J connectivity index is 1.80. The number of halogens is 1. The van der Waals surface area contributed by atoms with Crippen LogP contribution < -0.4 is 9.62 Å².